The van der Waals surface area contributed by atoms with Gasteiger partial charge < -0.3 is 15.0 Å². The number of hydrogen-bond acceptors (Lipinski definition) is 5. The molecule has 0 saturated heterocycles. The first-order valence-corrected chi connectivity index (χ1v) is 16.7. The first kappa shape index (κ1) is 34.5. The van der Waals surface area contributed by atoms with Gasteiger partial charge in [-0.3, -0.25) is 13.9 Å². The van der Waals surface area contributed by atoms with E-state index in [4.69, 9.17) is 16.3 Å². The molecule has 0 aliphatic rings. The van der Waals surface area contributed by atoms with Gasteiger partial charge in [-0.2, -0.15) is 0 Å². The summed E-state index contributed by atoms with van der Waals surface area (Å²) in [4.78, 5) is 29.5. The van der Waals surface area contributed by atoms with Gasteiger partial charge in [0.1, 0.15) is 24.2 Å². The monoisotopic (exact) mass is 665 g/mol. The average Bonchev–Trinajstić information content (AvgIpc) is 3.02. The number of sulfonamides is 1. The van der Waals surface area contributed by atoms with Crippen molar-refractivity contribution in [2.45, 2.75) is 50.7 Å². The van der Waals surface area contributed by atoms with Crippen molar-refractivity contribution in [2.75, 3.05) is 17.5 Å². The third-order valence-corrected chi connectivity index (χ3v) is 9.08. The van der Waals surface area contributed by atoms with E-state index in [0.717, 1.165) is 22.0 Å². The molecular formula is C35H37ClFN3O5S. The maximum absolute atomic E-state index is 14.4. The lowest BCUT2D eigenvalue weighted by molar-refractivity contribution is -0.140. The van der Waals surface area contributed by atoms with E-state index in [1.807, 2.05) is 51.1 Å². The maximum Gasteiger partial charge on any atom is 0.264 e. The van der Waals surface area contributed by atoms with Gasteiger partial charge in [-0.15, -0.1) is 0 Å². The minimum absolute atomic E-state index is 0.0250. The highest BCUT2D eigenvalue weighted by Crippen LogP contribution is 2.27. The van der Waals surface area contributed by atoms with E-state index in [0.29, 0.717) is 22.9 Å². The fraction of sp³-hybridized carbons (Fsp3) is 0.257. The van der Waals surface area contributed by atoms with Crippen molar-refractivity contribution >= 4 is 39.1 Å². The highest BCUT2D eigenvalue weighted by molar-refractivity contribution is 7.92. The third kappa shape index (κ3) is 9.08. The van der Waals surface area contributed by atoms with Gasteiger partial charge in [-0.05, 0) is 92.6 Å². The number of halogens is 2. The van der Waals surface area contributed by atoms with Crippen LogP contribution in [0.3, 0.4) is 0 Å². The molecule has 0 aliphatic carbocycles. The van der Waals surface area contributed by atoms with Gasteiger partial charge >= 0.3 is 0 Å². The van der Waals surface area contributed by atoms with Crippen molar-refractivity contribution < 1.29 is 27.1 Å². The fourth-order valence-electron chi connectivity index (χ4n) is 4.90. The number of amides is 2. The first-order chi connectivity index (χ1) is 22.0. The molecule has 242 valence electrons. The second kappa shape index (κ2) is 15.7. The number of nitrogens with one attached hydrogen (secondary N) is 1. The van der Waals surface area contributed by atoms with Gasteiger partial charge in [0.2, 0.25) is 11.8 Å². The zero-order chi connectivity index (χ0) is 33.3. The first-order valence-electron chi connectivity index (χ1n) is 14.9. The topological polar surface area (TPSA) is 96.0 Å². The lowest BCUT2D eigenvalue weighted by Gasteiger charge is -2.34. The normalized spacial score (nSPS) is 12.0. The van der Waals surface area contributed by atoms with Crippen LogP contribution < -0.4 is 14.4 Å². The van der Waals surface area contributed by atoms with E-state index in [9.17, 15) is 22.4 Å². The van der Waals surface area contributed by atoms with Crippen LogP contribution in [0.2, 0.25) is 5.02 Å². The Kier molecular flexibility index (Phi) is 11.8. The van der Waals surface area contributed by atoms with Crippen molar-refractivity contribution in [3.63, 3.8) is 0 Å². The Morgan fingerprint density at radius 2 is 1.54 bits per heavy atom. The summed E-state index contributed by atoms with van der Waals surface area (Å²) in [5.41, 5.74) is 1.55. The Morgan fingerprint density at radius 3 is 2.15 bits per heavy atom. The van der Waals surface area contributed by atoms with Crippen LogP contribution >= 0.6 is 11.6 Å². The van der Waals surface area contributed by atoms with E-state index >= 15 is 0 Å². The standard InChI is InChI=1S/C35H37ClFN3O5S/c1-4-45-31-17-19-32(20-18-31)46(43,44)40(30-15-13-29(37)14-16-30)24-34(41)39(23-27-11-8-12-28(36)21-27)33(35(42)38-25(2)3)22-26-9-6-5-7-10-26/h5-21,25,33H,4,22-24H2,1-3H3,(H,38,42)/t33-/m1/s1. The van der Waals surface area contributed by atoms with Crippen LogP contribution in [0.25, 0.3) is 0 Å². The molecule has 8 nitrogen and oxygen atoms in total. The van der Waals surface area contributed by atoms with Crippen LogP contribution in [0.15, 0.2) is 108 Å². The molecule has 0 bridgehead atoms. The number of nitrogens with zero attached hydrogens (tertiary/aromatic N) is 2. The molecule has 1 atom stereocenters. The van der Waals surface area contributed by atoms with E-state index in [1.54, 1.807) is 24.3 Å². The van der Waals surface area contributed by atoms with Crippen molar-refractivity contribution in [2.24, 2.45) is 0 Å². The van der Waals surface area contributed by atoms with E-state index < -0.39 is 40.2 Å². The summed E-state index contributed by atoms with van der Waals surface area (Å²) in [6, 6.07) is 25.6. The van der Waals surface area contributed by atoms with Crippen LogP contribution in [-0.4, -0.2) is 50.4 Å². The van der Waals surface area contributed by atoms with Gasteiger partial charge in [-0.1, -0.05) is 54.1 Å². The molecule has 1 N–H and O–H groups in total. The maximum atomic E-state index is 14.4. The van der Waals surface area contributed by atoms with Crippen LogP contribution in [0, 0.1) is 5.82 Å². The van der Waals surface area contributed by atoms with Gasteiger partial charge in [-0.25, -0.2) is 12.8 Å². The van der Waals surface area contributed by atoms with Crippen LogP contribution in [0.5, 0.6) is 5.75 Å². The van der Waals surface area contributed by atoms with Gasteiger partial charge in [0, 0.05) is 24.0 Å². The lowest BCUT2D eigenvalue weighted by atomic mass is 10.0. The number of anilines is 1. The molecule has 0 heterocycles. The second-order valence-electron chi connectivity index (χ2n) is 10.9. The van der Waals surface area contributed by atoms with Gasteiger partial charge in [0.15, 0.2) is 0 Å². The summed E-state index contributed by atoms with van der Waals surface area (Å²) in [6.45, 7) is 5.17. The van der Waals surface area contributed by atoms with Crippen molar-refractivity contribution in [1.82, 2.24) is 10.2 Å². The predicted octanol–water partition coefficient (Wildman–Crippen LogP) is 6.24. The number of hydrogen-bond donors (Lipinski definition) is 1. The molecule has 0 fully saturated rings. The summed E-state index contributed by atoms with van der Waals surface area (Å²) in [5.74, 6) is -1.11. The quantitative estimate of drug-likeness (QED) is 0.172. The molecule has 0 radical (unpaired) electrons. The molecule has 46 heavy (non-hydrogen) atoms. The minimum atomic E-state index is -4.34. The SMILES string of the molecule is CCOc1ccc(S(=O)(=O)N(CC(=O)N(Cc2cccc(Cl)c2)[C@H](Cc2ccccc2)C(=O)NC(C)C)c2ccc(F)cc2)cc1. The van der Waals surface area contributed by atoms with Crippen LogP contribution in [-0.2, 0) is 32.6 Å². The summed E-state index contributed by atoms with van der Waals surface area (Å²) in [7, 11) is -4.34. The van der Waals surface area contributed by atoms with E-state index in [-0.39, 0.29) is 29.6 Å². The molecule has 0 aromatic heterocycles. The Bertz CT molecular complexity index is 1720. The molecular weight excluding hydrogens is 629 g/mol. The molecule has 4 rings (SSSR count). The van der Waals surface area contributed by atoms with Crippen LogP contribution in [0.4, 0.5) is 10.1 Å². The largest absolute Gasteiger partial charge is 0.494 e. The Hall–Kier alpha value is -4.41. The molecule has 4 aromatic rings. The zero-order valence-electron chi connectivity index (χ0n) is 25.9. The van der Waals surface area contributed by atoms with Crippen molar-refractivity contribution in [3.05, 3.63) is 125 Å². The van der Waals surface area contributed by atoms with Gasteiger partial charge in [0.25, 0.3) is 10.0 Å². The summed E-state index contributed by atoms with van der Waals surface area (Å²) < 4.78 is 48.6. The number of carbonyl (C=O) groups excluding carboxylic acids is 2. The van der Waals surface area contributed by atoms with Crippen molar-refractivity contribution in [3.8, 4) is 5.75 Å². The molecule has 0 saturated carbocycles. The average molecular weight is 666 g/mol. The number of carbonyl (C=O) groups is 2. The minimum Gasteiger partial charge on any atom is -0.494 e. The van der Waals surface area contributed by atoms with Crippen LogP contribution in [0.1, 0.15) is 31.9 Å². The van der Waals surface area contributed by atoms with E-state index in [1.165, 1.54) is 41.3 Å². The summed E-state index contributed by atoms with van der Waals surface area (Å²) in [6.07, 6.45) is 0.174. The van der Waals surface area contributed by atoms with Gasteiger partial charge in [0.05, 0.1) is 17.2 Å². The van der Waals surface area contributed by atoms with Crippen molar-refractivity contribution in [1.29, 1.82) is 0 Å². The Labute approximate surface area is 274 Å². The fourth-order valence-corrected chi connectivity index (χ4v) is 6.53. The number of rotatable bonds is 14. The highest BCUT2D eigenvalue weighted by atomic mass is 35.5. The number of ether oxygens (including phenoxy) is 1. The molecule has 0 spiro atoms. The smallest absolute Gasteiger partial charge is 0.264 e. The number of benzene rings is 4. The third-order valence-electron chi connectivity index (χ3n) is 7.06. The summed E-state index contributed by atoms with van der Waals surface area (Å²) >= 11 is 6.27. The zero-order valence-corrected chi connectivity index (χ0v) is 27.5. The van der Waals surface area contributed by atoms with E-state index in [2.05, 4.69) is 5.32 Å². The molecule has 2 amide bonds. The predicted molar refractivity (Wildman–Crippen MR) is 178 cm³/mol. The summed E-state index contributed by atoms with van der Waals surface area (Å²) in [5, 5.41) is 3.36. The highest BCUT2D eigenvalue weighted by Gasteiger charge is 2.35. The Morgan fingerprint density at radius 1 is 0.891 bits per heavy atom. The molecule has 0 aliphatic heterocycles. The molecule has 11 heteroatoms. The molecule has 4 aromatic carbocycles. The Balaban J connectivity index is 1.79. The molecule has 0 unspecified atom stereocenters. The lowest BCUT2D eigenvalue weighted by Crippen LogP contribution is -2.54. The second-order valence-corrected chi connectivity index (χ2v) is 13.2.